The van der Waals surface area contributed by atoms with Gasteiger partial charge in [-0.2, -0.15) is 0 Å². The van der Waals surface area contributed by atoms with Gasteiger partial charge < -0.3 is 65.1 Å². The lowest BCUT2D eigenvalue weighted by Crippen LogP contribution is -2.65. The first-order valence-electron chi connectivity index (χ1n) is 31.4. The number of hydrogen-bond acceptors (Lipinski definition) is 13. The van der Waals surface area contributed by atoms with Gasteiger partial charge in [-0.1, -0.05) is 264 Å². The van der Waals surface area contributed by atoms with Gasteiger partial charge in [0.05, 0.1) is 32.0 Å². The number of aliphatic hydroxyl groups excluding tert-OH is 8. The highest BCUT2D eigenvalue weighted by Crippen LogP contribution is 2.30. The minimum absolute atomic E-state index is 0.238. The third-order valence-corrected chi connectivity index (χ3v) is 15.7. The monoisotopic (exact) mass is 1070 g/mol. The molecule has 75 heavy (non-hydrogen) atoms. The molecule has 0 radical (unpaired) electrons. The van der Waals surface area contributed by atoms with E-state index in [-0.39, 0.29) is 18.9 Å². The molecule has 2 heterocycles. The van der Waals surface area contributed by atoms with Crippen LogP contribution < -0.4 is 5.32 Å². The number of nitrogens with one attached hydrogen (secondary N) is 1. The van der Waals surface area contributed by atoms with E-state index in [1.54, 1.807) is 6.08 Å². The van der Waals surface area contributed by atoms with Crippen molar-refractivity contribution in [3.8, 4) is 0 Å². The molecule has 0 aliphatic carbocycles. The minimum atomic E-state index is -1.78. The Morgan fingerprint density at radius 3 is 1.23 bits per heavy atom. The van der Waals surface area contributed by atoms with E-state index < -0.39 is 86.8 Å². The van der Waals surface area contributed by atoms with Crippen LogP contribution in [0, 0.1) is 0 Å². The second kappa shape index (κ2) is 47.5. The van der Waals surface area contributed by atoms with Crippen molar-refractivity contribution in [3.63, 3.8) is 0 Å². The maximum Gasteiger partial charge on any atom is 0.220 e. The number of rotatable bonds is 51. The average molecular weight is 1070 g/mol. The fourth-order valence-corrected chi connectivity index (χ4v) is 10.6. The Bertz CT molecular complexity index is 1310. The first kappa shape index (κ1) is 69.8. The lowest BCUT2D eigenvalue weighted by atomic mass is 9.97. The molecule has 2 saturated heterocycles. The van der Waals surface area contributed by atoms with Crippen LogP contribution in [0.4, 0.5) is 0 Å². The second-order valence-electron chi connectivity index (χ2n) is 22.6. The van der Waals surface area contributed by atoms with Crippen LogP contribution >= 0.6 is 0 Å². The van der Waals surface area contributed by atoms with Crippen LogP contribution in [0.5, 0.6) is 0 Å². The number of aliphatic hydroxyl groups is 8. The molecule has 0 saturated carbocycles. The van der Waals surface area contributed by atoms with Crippen LogP contribution in [0.1, 0.15) is 277 Å². The van der Waals surface area contributed by atoms with Crippen molar-refractivity contribution in [2.45, 2.75) is 351 Å². The molecule has 0 bridgehead atoms. The summed E-state index contributed by atoms with van der Waals surface area (Å²) < 4.78 is 22.7. The molecule has 0 spiro atoms. The van der Waals surface area contributed by atoms with Gasteiger partial charge in [-0.25, -0.2) is 0 Å². The van der Waals surface area contributed by atoms with Crippen molar-refractivity contribution < 1.29 is 64.6 Å². The molecule has 14 nitrogen and oxygen atoms in total. The van der Waals surface area contributed by atoms with Gasteiger partial charge in [-0.15, -0.1) is 0 Å². The molecular weight excluding hydrogens is 955 g/mol. The van der Waals surface area contributed by atoms with Crippen molar-refractivity contribution in [1.29, 1.82) is 0 Å². The number of allylic oxidation sites excluding steroid dienone is 1. The predicted octanol–water partition coefficient (Wildman–Crippen LogP) is 11.1. The summed E-state index contributed by atoms with van der Waals surface area (Å²) in [4.78, 5) is 13.2. The number of amides is 1. The summed E-state index contributed by atoms with van der Waals surface area (Å²) in [6.07, 6.45) is 39.1. The van der Waals surface area contributed by atoms with E-state index in [0.29, 0.717) is 6.42 Å². The largest absolute Gasteiger partial charge is 0.394 e. The number of hydrogen-bond donors (Lipinski definition) is 9. The van der Waals surface area contributed by atoms with Crippen molar-refractivity contribution >= 4 is 5.91 Å². The van der Waals surface area contributed by atoms with Gasteiger partial charge in [-0.05, 0) is 19.3 Å². The average Bonchev–Trinajstić information content (AvgIpc) is 3.41. The van der Waals surface area contributed by atoms with E-state index in [4.69, 9.17) is 18.9 Å². The smallest absolute Gasteiger partial charge is 0.220 e. The molecule has 2 aliphatic rings. The standard InChI is InChI=1S/C61H117NO13/c1-3-5-7-9-11-12-13-14-15-16-17-18-19-20-21-22-23-24-25-26-27-28-29-30-31-32-33-34-35-36-37-39-41-43-45-53(66)62-49(50(65)44-42-40-38-10-8-6-4-2)48-72-60-58(71)56(69)59(52(47-64)74-60)75-61-57(70)55(68)54(67)51(46-63)73-61/h42,44,49-52,54-61,63-65,67-71H,3-41,43,45-48H2,1-2H3,(H,62,66)/b44-42+. The molecule has 9 N–H and O–H groups in total. The molecule has 12 unspecified atom stereocenters. The Morgan fingerprint density at radius 2 is 0.827 bits per heavy atom. The van der Waals surface area contributed by atoms with Gasteiger partial charge in [0.1, 0.15) is 48.8 Å². The lowest BCUT2D eigenvalue weighted by molar-refractivity contribution is -0.359. The van der Waals surface area contributed by atoms with Gasteiger partial charge in [0, 0.05) is 6.42 Å². The topological polar surface area (TPSA) is 228 Å². The summed E-state index contributed by atoms with van der Waals surface area (Å²) in [6, 6.07) is -0.907. The van der Waals surface area contributed by atoms with Crippen LogP contribution in [0.25, 0.3) is 0 Å². The summed E-state index contributed by atoms with van der Waals surface area (Å²) in [5.41, 5.74) is 0. The van der Waals surface area contributed by atoms with E-state index in [1.165, 1.54) is 199 Å². The van der Waals surface area contributed by atoms with Crippen molar-refractivity contribution in [3.05, 3.63) is 12.2 Å². The molecule has 0 aromatic carbocycles. The Balaban J connectivity index is 1.53. The van der Waals surface area contributed by atoms with Crippen LogP contribution in [-0.4, -0.2) is 140 Å². The summed E-state index contributed by atoms with van der Waals surface area (Å²) in [5.74, 6) is -0.238. The molecule has 2 rings (SSSR count). The fraction of sp³-hybridized carbons (Fsp3) is 0.951. The Morgan fingerprint density at radius 1 is 0.467 bits per heavy atom. The SMILES string of the molecule is CCCCCCC/C=C/C(O)C(COC1OC(CO)C(OC2OC(CO)C(O)C(O)C2O)C(O)C1O)NC(=O)CCCCCCCCCCCCCCCCCCCCCCCCCCCCCCCCCCCC. The molecule has 0 aromatic rings. The van der Waals surface area contributed by atoms with E-state index in [9.17, 15) is 45.6 Å². The predicted molar refractivity (Wildman–Crippen MR) is 300 cm³/mol. The molecular formula is C61H117NO13. The van der Waals surface area contributed by atoms with Gasteiger partial charge in [0.15, 0.2) is 12.6 Å². The zero-order valence-corrected chi connectivity index (χ0v) is 47.8. The lowest BCUT2D eigenvalue weighted by Gasteiger charge is -2.46. The van der Waals surface area contributed by atoms with Gasteiger partial charge in [0.25, 0.3) is 0 Å². The van der Waals surface area contributed by atoms with Gasteiger partial charge >= 0.3 is 0 Å². The van der Waals surface area contributed by atoms with Crippen LogP contribution in [0.3, 0.4) is 0 Å². The first-order valence-corrected chi connectivity index (χ1v) is 31.4. The molecule has 0 aromatic heterocycles. The zero-order valence-electron chi connectivity index (χ0n) is 47.8. The normalized spacial score (nSPS) is 25.0. The zero-order chi connectivity index (χ0) is 54.6. The Labute approximate surface area is 456 Å². The van der Waals surface area contributed by atoms with E-state index in [2.05, 4.69) is 19.2 Å². The molecule has 14 heteroatoms. The molecule has 2 aliphatic heterocycles. The second-order valence-corrected chi connectivity index (χ2v) is 22.6. The summed E-state index contributed by atoms with van der Waals surface area (Å²) in [6.45, 7) is 2.75. The number of unbranched alkanes of at least 4 members (excludes halogenated alkanes) is 38. The van der Waals surface area contributed by atoms with Crippen molar-refractivity contribution in [1.82, 2.24) is 5.32 Å². The third kappa shape index (κ3) is 33.2. The fourth-order valence-electron chi connectivity index (χ4n) is 10.6. The van der Waals surface area contributed by atoms with Crippen LogP contribution in [0.2, 0.25) is 0 Å². The highest BCUT2D eigenvalue weighted by molar-refractivity contribution is 5.76. The quantitative estimate of drug-likeness (QED) is 0.0204. The number of carbonyl (C=O) groups excluding carboxylic acids is 1. The molecule has 444 valence electrons. The van der Waals surface area contributed by atoms with E-state index >= 15 is 0 Å². The number of ether oxygens (including phenoxy) is 4. The van der Waals surface area contributed by atoms with Crippen LogP contribution in [0.15, 0.2) is 12.2 Å². The van der Waals surface area contributed by atoms with Crippen molar-refractivity contribution in [2.75, 3.05) is 19.8 Å². The highest BCUT2D eigenvalue weighted by Gasteiger charge is 2.51. The maximum atomic E-state index is 13.2. The molecule has 1 amide bonds. The van der Waals surface area contributed by atoms with Crippen LogP contribution in [-0.2, 0) is 23.7 Å². The maximum absolute atomic E-state index is 13.2. The highest BCUT2D eigenvalue weighted by atomic mass is 16.7. The first-order chi connectivity index (χ1) is 36.6. The Hall–Kier alpha value is -1.27. The van der Waals surface area contributed by atoms with E-state index in [0.717, 1.165) is 51.4 Å². The van der Waals surface area contributed by atoms with Crippen molar-refractivity contribution in [2.24, 2.45) is 0 Å². The summed E-state index contributed by atoms with van der Waals surface area (Å²) >= 11 is 0. The Kier molecular flexibility index (Phi) is 44.3. The summed E-state index contributed by atoms with van der Waals surface area (Å²) in [7, 11) is 0. The van der Waals surface area contributed by atoms with Gasteiger partial charge in [0.2, 0.25) is 5.91 Å². The third-order valence-electron chi connectivity index (χ3n) is 15.7. The molecule has 12 atom stereocenters. The van der Waals surface area contributed by atoms with Gasteiger partial charge in [-0.3, -0.25) is 4.79 Å². The number of carbonyl (C=O) groups is 1. The minimum Gasteiger partial charge on any atom is -0.394 e. The van der Waals surface area contributed by atoms with E-state index in [1.807, 2.05) is 6.08 Å². The summed E-state index contributed by atoms with van der Waals surface area (Å²) in [5, 5.41) is 86.6. The molecule has 2 fully saturated rings.